The van der Waals surface area contributed by atoms with Crippen molar-refractivity contribution in [3.05, 3.63) is 23.9 Å². The van der Waals surface area contributed by atoms with Crippen LogP contribution in [0.1, 0.15) is 51.0 Å². The van der Waals surface area contributed by atoms with Crippen molar-refractivity contribution in [2.45, 2.75) is 52.5 Å². The average Bonchev–Trinajstić information content (AvgIpc) is 2.79. The summed E-state index contributed by atoms with van der Waals surface area (Å²) in [5.41, 5.74) is 8.21. The Morgan fingerprint density at radius 1 is 1.30 bits per heavy atom. The van der Waals surface area contributed by atoms with Crippen LogP contribution in [0.25, 0.3) is 5.65 Å². The monoisotopic (exact) mass is 273 g/mol. The van der Waals surface area contributed by atoms with Crippen LogP contribution < -0.4 is 5.73 Å². The average molecular weight is 273 g/mol. The highest BCUT2D eigenvalue weighted by Crippen LogP contribution is 2.49. The van der Waals surface area contributed by atoms with Gasteiger partial charge in [0.05, 0.1) is 0 Å². The van der Waals surface area contributed by atoms with Crippen molar-refractivity contribution in [3.8, 4) is 0 Å². The van der Waals surface area contributed by atoms with Gasteiger partial charge in [0.1, 0.15) is 12.2 Å². The molecular weight excluding hydrogens is 250 g/mol. The van der Waals surface area contributed by atoms with Crippen molar-refractivity contribution in [1.29, 1.82) is 0 Å². The first-order valence-electron chi connectivity index (χ1n) is 7.34. The Balaban J connectivity index is 2.06. The molecular formula is C15H23N5. The minimum atomic E-state index is 0.117. The summed E-state index contributed by atoms with van der Waals surface area (Å²) in [4.78, 5) is 4.38. The van der Waals surface area contributed by atoms with E-state index in [1.165, 1.54) is 0 Å². The molecule has 1 fully saturated rings. The van der Waals surface area contributed by atoms with Gasteiger partial charge in [-0.25, -0.2) is 4.98 Å². The largest absolute Gasteiger partial charge is 0.327 e. The van der Waals surface area contributed by atoms with E-state index in [0.29, 0.717) is 11.8 Å². The summed E-state index contributed by atoms with van der Waals surface area (Å²) >= 11 is 0. The van der Waals surface area contributed by atoms with Crippen molar-refractivity contribution < 1.29 is 0 Å². The summed E-state index contributed by atoms with van der Waals surface area (Å²) in [5, 5.41) is 8.75. The minimum Gasteiger partial charge on any atom is -0.327 e. The lowest BCUT2D eigenvalue weighted by Gasteiger charge is -2.46. The fraction of sp³-hybridized carbons (Fsp3) is 0.667. The van der Waals surface area contributed by atoms with Crippen molar-refractivity contribution in [2.24, 2.45) is 17.1 Å². The number of hydrogen-bond acceptors (Lipinski definition) is 4. The molecule has 0 bridgehead atoms. The molecule has 1 saturated carbocycles. The van der Waals surface area contributed by atoms with Gasteiger partial charge >= 0.3 is 0 Å². The van der Waals surface area contributed by atoms with Crippen LogP contribution in [-0.4, -0.2) is 25.6 Å². The van der Waals surface area contributed by atoms with Crippen molar-refractivity contribution in [1.82, 2.24) is 19.6 Å². The highest BCUT2D eigenvalue weighted by Gasteiger charge is 2.44. The second kappa shape index (κ2) is 4.52. The van der Waals surface area contributed by atoms with Crippen LogP contribution in [0.2, 0.25) is 0 Å². The Labute approximate surface area is 119 Å². The Kier molecular flexibility index (Phi) is 3.05. The lowest BCUT2D eigenvalue weighted by molar-refractivity contribution is 0.0942. The van der Waals surface area contributed by atoms with E-state index in [-0.39, 0.29) is 11.5 Å². The van der Waals surface area contributed by atoms with E-state index in [9.17, 15) is 0 Å². The van der Waals surface area contributed by atoms with Crippen molar-refractivity contribution in [2.75, 3.05) is 0 Å². The maximum Gasteiger partial charge on any atom is 0.163 e. The molecule has 20 heavy (non-hydrogen) atoms. The molecule has 3 atom stereocenters. The van der Waals surface area contributed by atoms with Crippen LogP contribution in [0, 0.1) is 18.3 Å². The van der Waals surface area contributed by atoms with E-state index in [4.69, 9.17) is 5.73 Å². The lowest BCUT2D eigenvalue weighted by atomic mass is 9.61. The molecule has 2 N–H and O–H groups in total. The van der Waals surface area contributed by atoms with E-state index in [2.05, 4.69) is 36.0 Å². The van der Waals surface area contributed by atoms with Gasteiger partial charge in [-0.15, -0.1) is 10.2 Å². The molecule has 2 aromatic rings. The lowest BCUT2D eigenvalue weighted by Crippen LogP contribution is -2.46. The maximum absolute atomic E-state index is 6.25. The Morgan fingerprint density at radius 2 is 2.05 bits per heavy atom. The quantitative estimate of drug-likeness (QED) is 0.865. The van der Waals surface area contributed by atoms with E-state index in [1.807, 2.05) is 23.7 Å². The first-order chi connectivity index (χ1) is 9.41. The van der Waals surface area contributed by atoms with E-state index < -0.39 is 0 Å². The zero-order valence-corrected chi connectivity index (χ0v) is 12.7. The first kappa shape index (κ1) is 13.5. The number of aromatic nitrogens is 4. The van der Waals surface area contributed by atoms with E-state index in [0.717, 1.165) is 30.0 Å². The fourth-order valence-corrected chi connectivity index (χ4v) is 3.46. The van der Waals surface area contributed by atoms with Gasteiger partial charge in [0.15, 0.2) is 5.65 Å². The Bertz CT molecular complexity index is 630. The van der Waals surface area contributed by atoms with E-state index >= 15 is 0 Å². The zero-order chi connectivity index (χ0) is 14.5. The molecule has 0 amide bonds. The zero-order valence-electron chi connectivity index (χ0n) is 12.7. The molecule has 0 spiro atoms. The molecule has 1 aliphatic rings. The molecule has 0 radical (unpaired) electrons. The normalized spacial score (nSPS) is 29.8. The second-order valence-corrected chi connectivity index (χ2v) is 6.72. The van der Waals surface area contributed by atoms with E-state index in [1.54, 1.807) is 0 Å². The minimum absolute atomic E-state index is 0.117. The highest BCUT2D eigenvalue weighted by atomic mass is 15.3. The van der Waals surface area contributed by atoms with Crippen LogP contribution in [0.5, 0.6) is 0 Å². The second-order valence-electron chi connectivity index (χ2n) is 6.72. The van der Waals surface area contributed by atoms with Gasteiger partial charge in [-0.05, 0) is 31.1 Å². The predicted molar refractivity (Wildman–Crippen MR) is 78.4 cm³/mol. The summed E-state index contributed by atoms with van der Waals surface area (Å²) in [6.45, 7) is 8.82. The van der Waals surface area contributed by atoms with Gasteiger partial charge in [-0.3, -0.25) is 4.40 Å². The van der Waals surface area contributed by atoms with Crippen LogP contribution in [0.3, 0.4) is 0 Å². The number of nitrogens with two attached hydrogens (primary N) is 1. The first-order valence-corrected chi connectivity index (χ1v) is 7.34. The summed E-state index contributed by atoms with van der Waals surface area (Å²) in [5.74, 6) is 1.86. The molecule has 108 valence electrons. The molecule has 1 aliphatic carbocycles. The van der Waals surface area contributed by atoms with Gasteiger partial charge in [0.25, 0.3) is 0 Å². The fourth-order valence-electron chi connectivity index (χ4n) is 3.46. The molecule has 2 aromatic heterocycles. The van der Waals surface area contributed by atoms with Gasteiger partial charge in [0.2, 0.25) is 0 Å². The van der Waals surface area contributed by atoms with Gasteiger partial charge in [-0.2, -0.15) is 0 Å². The standard InChI is InChI=1S/C15H23N5/c1-9-7-13-18-19-14(20(13)8-17-9)11-5-6-12(16)10(2)15(11,3)4/h7-8,10-12H,5-6,16H2,1-4H3. The molecule has 3 rings (SSSR count). The number of hydrogen-bond donors (Lipinski definition) is 1. The summed E-state index contributed by atoms with van der Waals surface area (Å²) in [6.07, 6.45) is 3.95. The van der Waals surface area contributed by atoms with Crippen LogP contribution in [0.15, 0.2) is 12.4 Å². The van der Waals surface area contributed by atoms with Crippen LogP contribution in [-0.2, 0) is 0 Å². The molecule has 0 aliphatic heterocycles. The molecule has 5 heteroatoms. The molecule has 2 heterocycles. The molecule has 3 unspecified atom stereocenters. The summed E-state index contributed by atoms with van der Waals surface area (Å²) in [7, 11) is 0. The number of nitrogens with zero attached hydrogens (tertiary/aromatic N) is 4. The van der Waals surface area contributed by atoms with Crippen LogP contribution >= 0.6 is 0 Å². The van der Waals surface area contributed by atoms with Gasteiger partial charge in [-0.1, -0.05) is 20.8 Å². The number of fused-ring (bicyclic) bond motifs is 1. The predicted octanol–water partition coefficient (Wildman–Crippen LogP) is 2.30. The summed E-state index contributed by atoms with van der Waals surface area (Å²) < 4.78 is 2.03. The molecule has 0 saturated heterocycles. The van der Waals surface area contributed by atoms with Crippen LogP contribution in [0.4, 0.5) is 0 Å². The highest BCUT2D eigenvalue weighted by molar-refractivity contribution is 5.39. The number of aryl methyl sites for hydroxylation is 1. The Morgan fingerprint density at radius 3 is 2.80 bits per heavy atom. The summed E-state index contributed by atoms with van der Waals surface area (Å²) in [6, 6.07) is 2.25. The SMILES string of the molecule is Cc1cc2nnc(C3CCC(N)C(C)C3(C)C)n2cn1. The maximum atomic E-state index is 6.25. The Hall–Kier alpha value is -1.49. The third-order valence-electron chi connectivity index (χ3n) is 5.28. The molecule has 5 nitrogen and oxygen atoms in total. The van der Waals surface area contributed by atoms with Gasteiger partial charge < -0.3 is 5.73 Å². The van der Waals surface area contributed by atoms with Gasteiger partial charge in [0, 0.05) is 23.7 Å². The molecule has 0 aromatic carbocycles. The smallest absolute Gasteiger partial charge is 0.163 e. The van der Waals surface area contributed by atoms with Crippen molar-refractivity contribution >= 4 is 5.65 Å². The number of rotatable bonds is 1. The van der Waals surface area contributed by atoms with Crippen molar-refractivity contribution in [3.63, 3.8) is 0 Å². The topological polar surface area (TPSA) is 69.1 Å². The third kappa shape index (κ3) is 1.92. The third-order valence-corrected chi connectivity index (χ3v) is 5.28.